The van der Waals surface area contributed by atoms with Crippen molar-refractivity contribution >= 4 is 6.08 Å². The summed E-state index contributed by atoms with van der Waals surface area (Å²) in [7, 11) is 0. The van der Waals surface area contributed by atoms with E-state index in [-0.39, 0.29) is 0 Å². The highest BCUT2D eigenvalue weighted by atomic mass is 16.5. The largest absolute Gasteiger partial charge is 0.494 e. The first-order valence-electron chi connectivity index (χ1n) is 5.18. The average molecular weight is 190 g/mol. The van der Waals surface area contributed by atoms with Gasteiger partial charge in [0.25, 0.3) is 0 Å². The van der Waals surface area contributed by atoms with E-state index >= 15 is 0 Å². The first kappa shape index (κ1) is 10.8. The van der Waals surface area contributed by atoms with E-state index in [1.807, 2.05) is 13.0 Å². The smallest absolute Gasteiger partial charge is 0.122 e. The molecule has 0 saturated carbocycles. The van der Waals surface area contributed by atoms with Crippen molar-refractivity contribution in [3.8, 4) is 5.75 Å². The molecule has 1 nitrogen and oxygen atoms in total. The van der Waals surface area contributed by atoms with Crippen LogP contribution in [0.5, 0.6) is 5.75 Å². The van der Waals surface area contributed by atoms with Crippen LogP contribution in [0.1, 0.15) is 31.4 Å². The van der Waals surface area contributed by atoms with Gasteiger partial charge in [0.05, 0.1) is 6.61 Å². The Bertz CT molecular complexity index is 313. The molecule has 1 heteroatoms. The predicted molar refractivity (Wildman–Crippen MR) is 61.7 cm³/mol. The molecule has 0 N–H and O–H groups in total. The molecular formula is C13H18O. The third kappa shape index (κ3) is 2.91. The van der Waals surface area contributed by atoms with Gasteiger partial charge in [0.15, 0.2) is 0 Å². The van der Waals surface area contributed by atoms with Crippen molar-refractivity contribution in [2.24, 2.45) is 0 Å². The highest BCUT2D eigenvalue weighted by Gasteiger charge is 1.97. The molecule has 0 aliphatic carbocycles. The van der Waals surface area contributed by atoms with Crippen LogP contribution >= 0.6 is 0 Å². The minimum atomic E-state index is 0.727. The average Bonchev–Trinajstić information content (AvgIpc) is 2.19. The fourth-order valence-electron chi connectivity index (χ4n) is 1.35. The number of allylic oxidation sites excluding steroid dienone is 1. The zero-order valence-corrected chi connectivity index (χ0v) is 9.21. The van der Waals surface area contributed by atoms with Crippen LogP contribution < -0.4 is 4.74 Å². The van der Waals surface area contributed by atoms with Gasteiger partial charge < -0.3 is 4.74 Å². The van der Waals surface area contributed by atoms with Gasteiger partial charge in [0.1, 0.15) is 5.75 Å². The SMILES string of the molecule is CCC=Cc1ccc(OCC)c(C)c1. The van der Waals surface area contributed by atoms with Crippen molar-refractivity contribution in [1.29, 1.82) is 0 Å². The molecule has 0 bridgehead atoms. The molecule has 0 radical (unpaired) electrons. The maximum Gasteiger partial charge on any atom is 0.122 e. The van der Waals surface area contributed by atoms with Gasteiger partial charge >= 0.3 is 0 Å². The zero-order chi connectivity index (χ0) is 10.4. The van der Waals surface area contributed by atoms with Gasteiger partial charge in [-0.3, -0.25) is 0 Å². The molecule has 0 aromatic heterocycles. The summed E-state index contributed by atoms with van der Waals surface area (Å²) >= 11 is 0. The van der Waals surface area contributed by atoms with Crippen LogP contribution in [0.15, 0.2) is 24.3 Å². The van der Waals surface area contributed by atoms with Gasteiger partial charge in [0, 0.05) is 0 Å². The Morgan fingerprint density at radius 2 is 2.07 bits per heavy atom. The number of aryl methyl sites for hydroxylation is 1. The molecule has 0 aliphatic heterocycles. The van der Waals surface area contributed by atoms with Crippen LogP contribution in [0.2, 0.25) is 0 Å². The minimum Gasteiger partial charge on any atom is -0.494 e. The molecule has 0 unspecified atom stereocenters. The lowest BCUT2D eigenvalue weighted by atomic mass is 10.1. The number of benzene rings is 1. The summed E-state index contributed by atoms with van der Waals surface area (Å²) in [6, 6.07) is 6.27. The molecule has 1 aromatic carbocycles. The molecule has 0 heterocycles. The monoisotopic (exact) mass is 190 g/mol. The Hall–Kier alpha value is -1.24. The third-order valence-corrected chi connectivity index (χ3v) is 2.04. The van der Waals surface area contributed by atoms with E-state index in [1.165, 1.54) is 11.1 Å². The van der Waals surface area contributed by atoms with E-state index in [0.717, 1.165) is 18.8 Å². The topological polar surface area (TPSA) is 9.23 Å². The second-order valence-corrected chi connectivity index (χ2v) is 3.27. The van der Waals surface area contributed by atoms with Gasteiger partial charge in [-0.1, -0.05) is 25.1 Å². The lowest BCUT2D eigenvalue weighted by molar-refractivity contribution is 0.338. The van der Waals surface area contributed by atoms with Gasteiger partial charge in [-0.25, -0.2) is 0 Å². The van der Waals surface area contributed by atoms with Crippen molar-refractivity contribution < 1.29 is 4.74 Å². The fraction of sp³-hybridized carbons (Fsp3) is 0.385. The summed E-state index contributed by atoms with van der Waals surface area (Å²) in [6.07, 6.45) is 5.38. The van der Waals surface area contributed by atoms with E-state index in [0.29, 0.717) is 0 Å². The summed E-state index contributed by atoms with van der Waals surface area (Å²) < 4.78 is 5.47. The molecule has 1 rings (SSSR count). The number of ether oxygens (including phenoxy) is 1. The molecule has 0 amide bonds. The van der Waals surface area contributed by atoms with Crippen molar-refractivity contribution in [3.05, 3.63) is 35.4 Å². The van der Waals surface area contributed by atoms with E-state index in [1.54, 1.807) is 0 Å². The summed E-state index contributed by atoms with van der Waals surface area (Å²) in [6.45, 7) is 6.95. The van der Waals surface area contributed by atoms with Gasteiger partial charge in [-0.15, -0.1) is 0 Å². The highest BCUT2D eigenvalue weighted by molar-refractivity contribution is 5.53. The molecule has 0 spiro atoms. The summed E-state index contributed by atoms with van der Waals surface area (Å²) in [5.41, 5.74) is 2.44. The number of hydrogen-bond acceptors (Lipinski definition) is 1. The first-order chi connectivity index (χ1) is 6.77. The maximum absolute atomic E-state index is 5.47. The van der Waals surface area contributed by atoms with Crippen LogP contribution in [0.3, 0.4) is 0 Å². The standard InChI is InChI=1S/C13H18O/c1-4-6-7-12-8-9-13(14-5-2)11(3)10-12/h6-10H,4-5H2,1-3H3. The second-order valence-electron chi connectivity index (χ2n) is 3.27. The number of hydrogen-bond donors (Lipinski definition) is 0. The summed E-state index contributed by atoms with van der Waals surface area (Å²) in [5.74, 6) is 0.987. The van der Waals surface area contributed by atoms with Gasteiger partial charge in [-0.2, -0.15) is 0 Å². The van der Waals surface area contributed by atoms with E-state index in [9.17, 15) is 0 Å². The van der Waals surface area contributed by atoms with Crippen LogP contribution in [0.25, 0.3) is 6.08 Å². The quantitative estimate of drug-likeness (QED) is 0.701. The summed E-state index contributed by atoms with van der Waals surface area (Å²) in [5, 5.41) is 0. The Balaban J connectivity index is 2.83. The molecule has 0 atom stereocenters. The van der Waals surface area contributed by atoms with E-state index < -0.39 is 0 Å². The van der Waals surface area contributed by atoms with E-state index in [2.05, 4.69) is 38.1 Å². The maximum atomic E-state index is 5.47. The summed E-state index contributed by atoms with van der Waals surface area (Å²) in [4.78, 5) is 0. The Morgan fingerprint density at radius 1 is 1.29 bits per heavy atom. The second kappa shape index (κ2) is 5.48. The molecule has 0 saturated heterocycles. The first-order valence-corrected chi connectivity index (χ1v) is 5.18. The van der Waals surface area contributed by atoms with Crippen molar-refractivity contribution in [2.45, 2.75) is 27.2 Å². The van der Waals surface area contributed by atoms with Crippen molar-refractivity contribution in [1.82, 2.24) is 0 Å². The highest BCUT2D eigenvalue weighted by Crippen LogP contribution is 2.19. The lowest BCUT2D eigenvalue weighted by Crippen LogP contribution is -1.93. The third-order valence-electron chi connectivity index (χ3n) is 2.04. The van der Waals surface area contributed by atoms with Crippen LogP contribution in [-0.4, -0.2) is 6.61 Å². The van der Waals surface area contributed by atoms with E-state index in [4.69, 9.17) is 4.74 Å². The molecule has 0 fully saturated rings. The van der Waals surface area contributed by atoms with Crippen LogP contribution in [0, 0.1) is 6.92 Å². The Kier molecular flexibility index (Phi) is 4.24. The molecule has 76 valence electrons. The lowest BCUT2D eigenvalue weighted by Gasteiger charge is -2.07. The Labute approximate surface area is 86.4 Å². The van der Waals surface area contributed by atoms with Gasteiger partial charge in [-0.05, 0) is 43.5 Å². The molecule has 0 aliphatic rings. The van der Waals surface area contributed by atoms with Crippen LogP contribution in [0.4, 0.5) is 0 Å². The van der Waals surface area contributed by atoms with Crippen molar-refractivity contribution in [2.75, 3.05) is 6.61 Å². The van der Waals surface area contributed by atoms with Crippen LogP contribution in [-0.2, 0) is 0 Å². The molecular weight excluding hydrogens is 172 g/mol. The Morgan fingerprint density at radius 3 is 2.64 bits per heavy atom. The predicted octanol–water partition coefficient (Wildman–Crippen LogP) is 3.82. The molecule has 14 heavy (non-hydrogen) atoms. The fourth-order valence-corrected chi connectivity index (χ4v) is 1.35. The number of rotatable bonds is 4. The molecule has 1 aromatic rings. The van der Waals surface area contributed by atoms with Crippen molar-refractivity contribution in [3.63, 3.8) is 0 Å². The van der Waals surface area contributed by atoms with Gasteiger partial charge in [0.2, 0.25) is 0 Å². The normalized spacial score (nSPS) is 10.8. The zero-order valence-electron chi connectivity index (χ0n) is 9.21. The minimum absolute atomic E-state index is 0.727.